The van der Waals surface area contributed by atoms with Crippen LogP contribution in [-0.2, 0) is 17.9 Å². The van der Waals surface area contributed by atoms with Gasteiger partial charge in [-0.15, -0.1) is 11.3 Å². The summed E-state index contributed by atoms with van der Waals surface area (Å²) in [6.07, 6.45) is 0. The number of carbonyl (C=O) groups excluding carboxylic acids is 1. The summed E-state index contributed by atoms with van der Waals surface area (Å²) in [7, 11) is 3.96. The fraction of sp³-hybridized carbons (Fsp3) is 0.450. The first-order chi connectivity index (χ1) is 14.0. The van der Waals surface area contributed by atoms with E-state index in [4.69, 9.17) is 4.74 Å². The number of ether oxygens (including phenoxy) is 1. The van der Waals surface area contributed by atoms with Gasteiger partial charge in [-0.25, -0.2) is 9.98 Å². The van der Waals surface area contributed by atoms with E-state index in [2.05, 4.69) is 25.9 Å². The average molecular weight is 419 g/mol. The molecule has 2 rings (SSSR count). The second kappa shape index (κ2) is 11.9. The van der Waals surface area contributed by atoms with Crippen molar-refractivity contribution in [1.82, 2.24) is 20.9 Å². The number of carbonyl (C=O) groups is 1. The Kier molecular flexibility index (Phi) is 9.23. The predicted molar refractivity (Wildman–Crippen MR) is 119 cm³/mol. The van der Waals surface area contributed by atoms with Crippen molar-refractivity contribution in [3.8, 4) is 5.75 Å². The van der Waals surface area contributed by atoms with Crippen LogP contribution in [0.15, 0.2) is 34.6 Å². The average Bonchev–Trinajstić information content (AvgIpc) is 3.18. The summed E-state index contributed by atoms with van der Waals surface area (Å²) >= 11 is 1.62. The maximum Gasteiger partial charge on any atom is 0.257 e. The molecule has 1 aromatic heterocycles. The molecule has 0 spiro atoms. The zero-order valence-corrected chi connectivity index (χ0v) is 18.3. The van der Waals surface area contributed by atoms with Crippen LogP contribution in [-0.4, -0.2) is 50.6 Å². The second-order valence-electron chi connectivity index (χ2n) is 6.45. The lowest BCUT2D eigenvalue weighted by atomic mass is 10.2. The summed E-state index contributed by atoms with van der Waals surface area (Å²) in [6, 6.07) is 7.61. The summed E-state index contributed by atoms with van der Waals surface area (Å²) in [4.78, 5) is 22.7. The lowest BCUT2D eigenvalue weighted by Crippen LogP contribution is -2.36. The standard InChI is InChI=1S/C20H30N6O2S/c1-5-21-18(27)13-28-17-9-7-8-15(10-17)11-23-19(22-6-2)24-12-16-14-29-20(25-16)26(3)4/h7-10,14H,5-6,11-13H2,1-4H3,(H,21,27)(H2,22,23,24). The molecular formula is C20H30N6O2S. The van der Waals surface area contributed by atoms with Gasteiger partial charge in [0.1, 0.15) is 5.75 Å². The van der Waals surface area contributed by atoms with Gasteiger partial charge in [0, 0.05) is 32.6 Å². The van der Waals surface area contributed by atoms with Crippen LogP contribution in [0.5, 0.6) is 5.75 Å². The molecule has 0 aliphatic carbocycles. The number of hydrogen-bond donors (Lipinski definition) is 3. The van der Waals surface area contributed by atoms with E-state index in [9.17, 15) is 4.79 Å². The van der Waals surface area contributed by atoms with Gasteiger partial charge in [-0.1, -0.05) is 12.1 Å². The Morgan fingerprint density at radius 2 is 2.00 bits per heavy atom. The summed E-state index contributed by atoms with van der Waals surface area (Å²) in [5.41, 5.74) is 1.98. The number of benzene rings is 1. The number of nitrogens with one attached hydrogen (secondary N) is 3. The monoisotopic (exact) mass is 418 g/mol. The van der Waals surface area contributed by atoms with Gasteiger partial charge in [-0.2, -0.15) is 0 Å². The molecule has 1 heterocycles. The topological polar surface area (TPSA) is 90.9 Å². The highest BCUT2D eigenvalue weighted by Gasteiger charge is 2.06. The van der Waals surface area contributed by atoms with Gasteiger partial charge in [-0.05, 0) is 31.5 Å². The highest BCUT2D eigenvalue weighted by Crippen LogP contribution is 2.17. The fourth-order valence-electron chi connectivity index (χ4n) is 2.40. The van der Waals surface area contributed by atoms with E-state index in [0.717, 1.165) is 28.9 Å². The van der Waals surface area contributed by atoms with E-state index < -0.39 is 0 Å². The molecular weight excluding hydrogens is 388 g/mol. The number of thiazole rings is 1. The fourth-order valence-corrected chi connectivity index (χ4v) is 3.16. The Morgan fingerprint density at radius 3 is 2.69 bits per heavy atom. The van der Waals surface area contributed by atoms with E-state index in [-0.39, 0.29) is 12.5 Å². The molecule has 8 nitrogen and oxygen atoms in total. The van der Waals surface area contributed by atoms with Crippen LogP contribution in [0.3, 0.4) is 0 Å². The molecule has 2 aromatic rings. The largest absolute Gasteiger partial charge is 0.484 e. The molecule has 0 saturated heterocycles. The van der Waals surface area contributed by atoms with Crippen LogP contribution in [0.2, 0.25) is 0 Å². The lowest BCUT2D eigenvalue weighted by molar-refractivity contribution is -0.122. The number of anilines is 1. The number of guanidine groups is 1. The second-order valence-corrected chi connectivity index (χ2v) is 7.29. The maximum atomic E-state index is 11.5. The van der Waals surface area contributed by atoms with E-state index in [1.165, 1.54) is 0 Å². The van der Waals surface area contributed by atoms with Crippen LogP contribution >= 0.6 is 11.3 Å². The van der Waals surface area contributed by atoms with E-state index in [0.29, 0.717) is 25.4 Å². The molecule has 9 heteroatoms. The van der Waals surface area contributed by atoms with Gasteiger partial charge in [-0.3, -0.25) is 4.79 Å². The molecule has 1 amide bonds. The first kappa shape index (κ1) is 22.5. The smallest absolute Gasteiger partial charge is 0.257 e. The number of hydrogen-bond acceptors (Lipinski definition) is 6. The van der Waals surface area contributed by atoms with Gasteiger partial charge in [0.05, 0.1) is 18.8 Å². The van der Waals surface area contributed by atoms with Crippen molar-refractivity contribution in [3.63, 3.8) is 0 Å². The first-order valence-corrected chi connectivity index (χ1v) is 10.5. The maximum absolute atomic E-state index is 11.5. The SMILES string of the molecule is CCNC(=O)COc1cccc(CN=C(NCC)NCc2csc(N(C)C)n2)c1. The van der Waals surface area contributed by atoms with Crippen LogP contribution in [0.1, 0.15) is 25.1 Å². The Hall–Kier alpha value is -2.81. The van der Waals surface area contributed by atoms with Gasteiger partial charge < -0.3 is 25.6 Å². The molecule has 1 aromatic carbocycles. The number of rotatable bonds is 10. The highest BCUT2D eigenvalue weighted by molar-refractivity contribution is 7.13. The van der Waals surface area contributed by atoms with Crippen LogP contribution in [0.25, 0.3) is 0 Å². The van der Waals surface area contributed by atoms with Gasteiger partial charge in [0.25, 0.3) is 5.91 Å². The molecule has 0 radical (unpaired) electrons. The molecule has 0 atom stereocenters. The molecule has 0 bridgehead atoms. The number of likely N-dealkylation sites (N-methyl/N-ethyl adjacent to an activating group) is 1. The molecule has 158 valence electrons. The molecule has 0 saturated carbocycles. The van der Waals surface area contributed by atoms with Crippen LogP contribution in [0.4, 0.5) is 5.13 Å². The van der Waals surface area contributed by atoms with Gasteiger partial charge in [0.2, 0.25) is 0 Å². The Labute approximate surface area is 176 Å². The van der Waals surface area contributed by atoms with Crippen LogP contribution in [0, 0.1) is 0 Å². The van der Waals surface area contributed by atoms with Crippen molar-refractivity contribution >= 4 is 28.3 Å². The summed E-state index contributed by atoms with van der Waals surface area (Å²) in [5.74, 6) is 1.25. The summed E-state index contributed by atoms with van der Waals surface area (Å²) < 4.78 is 5.54. The molecule has 0 unspecified atom stereocenters. The van der Waals surface area contributed by atoms with E-state index in [1.807, 2.05) is 62.5 Å². The normalized spacial score (nSPS) is 11.1. The first-order valence-electron chi connectivity index (χ1n) is 9.64. The lowest BCUT2D eigenvalue weighted by Gasteiger charge is -2.11. The van der Waals surface area contributed by atoms with Gasteiger partial charge >= 0.3 is 0 Å². The predicted octanol–water partition coefficient (Wildman–Crippen LogP) is 1.98. The van der Waals surface area contributed by atoms with Crippen molar-refractivity contribution in [2.24, 2.45) is 4.99 Å². The third kappa shape index (κ3) is 7.98. The number of amides is 1. The zero-order chi connectivity index (χ0) is 21.1. The Morgan fingerprint density at radius 1 is 1.21 bits per heavy atom. The highest BCUT2D eigenvalue weighted by atomic mass is 32.1. The minimum Gasteiger partial charge on any atom is -0.484 e. The molecule has 0 aliphatic heterocycles. The number of nitrogens with zero attached hydrogens (tertiary/aromatic N) is 3. The summed E-state index contributed by atoms with van der Waals surface area (Å²) in [6.45, 7) is 6.37. The Balaban J connectivity index is 1.93. The molecule has 29 heavy (non-hydrogen) atoms. The summed E-state index contributed by atoms with van der Waals surface area (Å²) in [5, 5.41) is 12.3. The number of aromatic nitrogens is 1. The number of aliphatic imine (C=N–C) groups is 1. The van der Waals surface area contributed by atoms with Crippen molar-refractivity contribution in [2.75, 3.05) is 38.7 Å². The minimum absolute atomic E-state index is 0.00728. The molecule has 0 aliphatic rings. The van der Waals surface area contributed by atoms with Crippen molar-refractivity contribution < 1.29 is 9.53 Å². The molecule has 0 fully saturated rings. The van der Waals surface area contributed by atoms with Crippen molar-refractivity contribution in [1.29, 1.82) is 0 Å². The minimum atomic E-state index is -0.131. The van der Waals surface area contributed by atoms with Gasteiger partial charge in [0.15, 0.2) is 17.7 Å². The zero-order valence-electron chi connectivity index (χ0n) is 17.5. The third-order valence-corrected chi connectivity index (χ3v) is 4.82. The van der Waals surface area contributed by atoms with E-state index >= 15 is 0 Å². The van der Waals surface area contributed by atoms with Crippen LogP contribution < -0.4 is 25.6 Å². The molecule has 3 N–H and O–H groups in total. The third-order valence-electron chi connectivity index (χ3n) is 3.77. The Bertz CT molecular complexity index is 806. The van der Waals surface area contributed by atoms with E-state index in [1.54, 1.807) is 11.3 Å². The van der Waals surface area contributed by atoms with Crippen molar-refractivity contribution in [2.45, 2.75) is 26.9 Å². The quantitative estimate of drug-likeness (QED) is 0.404. The van der Waals surface area contributed by atoms with Crippen molar-refractivity contribution in [3.05, 3.63) is 40.9 Å².